The molecule has 0 unspecified atom stereocenters. The van der Waals surface area contributed by atoms with Crippen molar-refractivity contribution in [3.63, 3.8) is 0 Å². The fraction of sp³-hybridized carbons (Fsp3) is 0.190. The molecule has 0 bridgehead atoms. The van der Waals surface area contributed by atoms with Crippen LogP contribution >= 0.6 is 11.8 Å². The van der Waals surface area contributed by atoms with Crippen LogP contribution in [0, 0.1) is 6.92 Å². The topological polar surface area (TPSA) is 61.4 Å². The van der Waals surface area contributed by atoms with Gasteiger partial charge in [0.05, 0.1) is 17.5 Å². The highest BCUT2D eigenvalue weighted by atomic mass is 32.2. The van der Waals surface area contributed by atoms with Crippen molar-refractivity contribution in [1.82, 2.24) is 19.2 Å². The number of aromatic nitrogens is 4. The first-order valence-corrected chi connectivity index (χ1v) is 9.97. The molecule has 0 aliphatic heterocycles. The third-order valence-corrected chi connectivity index (χ3v) is 5.29. The first kappa shape index (κ1) is 18.3. The van der Waals surface area contributed by atoms with Gasteiger partial charge in [-0.05, 0) is 31.2 Å². The fourth-order valence-corrected chi connectivity index (χ4v) is 3.80. The normalized spacial score (nSPS) is 11.2. The van der Waals surface area contributed by atoms with Crippen LogP contribution in [0.15, 0.2) is 71.1 Å². The second kappa shape index (κ2) is 7.90. The second-order valence-corrected chi connectivity index (χ2v) is 7.41. The lowest BCUT2D eigenvalue weighted by atomic mass is 10.2. The maximum Gasteiger partial charge on any atom is 0.263 e. The van der Waals surface area contributed by atoms with E-state index in [0.29, 0.717) is 30.1 Å². The number of allylic oxidation sites excluding steroid dienone is 1. The number of ether oxygens (including phenoxy) is 1. The Balaban J connectivity index is 1.62. The Morgan fingerprint density at radius 1 is 1.14 bits per heavy atom. The third kappa shape index (κ3) is 3.41. The van der Waals surface area contributed by atoms with Gasteiger partial charge in [-0.1, -0.05) is 47.7 Å². The Bertz CT molecular complexity index is 1190. The van der Waals surface area contributed by atoms with Crippen LogP contribution in [0.3, 0.4) is 0 Å². The van der Waals surface area contributed by atoms with Crippen LogP contribution in [0.4, 0.5) is 0 Å². The fourth-order valence-electron chi connectivity index (χ4n) is 3.05. The highest BCUT2D eigenvalue weighted by Gasteiger charge is 2.15. The highest BCUT2D eigenvalue weighted by molar-refractivity contribution is 7.99. The smallest absolute Gasteiger partial charge is 0.263 e. The van der Waals surface area contributed by atoms with Crippen LogP contribution in [0.5, 0.6) is 5.75 Å². The first-order chi connectivity index (χ1) is 13.7. The van der Waals surface area contributed by atoms with Crippen molar-refractivity contribution in [3.8, 4) is 5.75 Å². The predicted molar refractivity (Wildman–Crippen MR) is 112 cm³/mol. The van der Waals surface area contributed by atoms with E-state index in [1.54, 1.807) is 22.4 Å². The average molecular weight is 392 g/mol. The molecule has 6 nitrogen and oxygen atoms in total. The molecule has 0 aliphatic rings. The summed E-state index contributed by atoms with van der Waals surface area (Å²) in [5.74, 6) is 2.08. The van der Waals surface area contributed by atoms with E-state index < -0.39 is 0 Å². The molecule has 0 radical (unpaired) electrons. The highest BCUT2D eigenvalue weighted by Crippen LogP contribution is 2.22. The quantitative estimate of drug-likeness (QED) is 0.273. The lowest BCUT2D eigenvalue weighted by molar-refractivity contribution is 0.344. The van der Waals surface area contributed by atoms with Crippen LogP contribution in [0.2, 0.25) is 0 Å². The van der Waals surface area contributed by atoms with Gasteiger partial charge in [0.1, 0.15) is 5.75 Å². The molecule has 0 fully saturated rings. The molecule has 7 heteroatoms. The van der Waals surface area contributed by atoms with Crippen molar-refractivity contribution in [3.05, 3.63) is 77.1 Å². The molecule has 0 saturated heterocycles. The molecule has 4 aromatic rings. The predicted octanol–water partition coefficient (Wildman–Crippen LogP) is 3.71. The Hall–Kier alpha value is -3.06. The molecule has 2 heterocycles. The van der Waals surface area contributed by atoms with E-state index in [-0.39, 0.29) is 5.56 Å². The van der Waals surface area contributed by atoms with Gasteiger partial charge in [0.2, 0.25) is 5.78 Å². The number of fused-ring (bicyclic) bond motifs is 3. The maximum atomic E-state index is 12.8. The molecule has 0 aliphatic carbocycles. The monoisotopic (exact) mass is 392 g/mol. The molecule has 0 saturated carbocycles. The molecule has 0 N–H and O–H groups in total. The number of hydrogen-bond acceptors (Lipinski definition) is 5. The average Bonchev–Trinajstić information content (AvgIpc) is 3.14. The lowest BCUT2D eigenvalue weighted by Gasteiger charge is -2.10. The molecule has 0 spiro atoms. The van der Waals surface area contributed by atoms with E-state index >= 15 is 0 Å². The number of rotatable bonds is 7. The van der Waals surface area contributed by atoms with Crippen LogP contribution in [0.1, 0.15) is 5.56 Å². The molecule has 0 atom stereocenters. The number of para-hydroxylation sites is 1. The largest absolute Gasteiger partial charge is 0.493 e. The number of benzene rings is 2. The molecule has 0 amide bonds. The van der Waals surface area contributed by atoms with Crippen molar-refractivity contribution in [2.45, 2.75) is 18.6 Å². The molecule has 142 valence electrons. The summed E-state index contributed by atoms with van der Waals surface area (Å²) < 4.78 is 9.31. The van der Waals surface area contributed by atoms with Crippen molar-refractivity contribution < 1.29 is 4.74 Å². The zero-order chi connectivity index (χ0) is 19.5. The van der Waals surface area contributed by atoms with Crippen molar-refractivity contribution in [1.29, 1.82) is 0 Å². The van der Waals surface area contributed by atoms with E-state index in [4.69, 9.17) is 4.74 Å². The van der Waals surface area contributed by atoms with Gasteiger partial charge < -0.3 is 4.74 Å². The standard InChI is InChI=1S/C21H20N4O2S/c1-3-12-24-19(26)17-6-4-5-7-18(17)25-20(24)22-23-21(25)28-14-13-27-16-10-8-15(2)9-11-16/h3-11H,1,12-14H2,2H3. The zero-order valence-electron chi connectivity index (χ0n) is 15.5. The first-order valence-electron chi connectivity index (χ1n) is 8.99. The molecule has 2 aromatic carbocycles. The van der Waals surface area contributed by atoms with Crippen LogP contribution in [-0.4, -0.2) is 31.5 Å². The van der Waals surface area contributed by atoms with Crippen molar-refractivity contribution in [2.75, 3.05) is 12.4 Å². The van der Waals surface area contributed by atoms with Gasteiger partial charge in [-0.15, -0.1) is 16.8 Å². The molecular weight excluding hydrogens is 372 g/mol. The Labute approximate surface area is 166 Å². The summed E-state index contributed by atoms with van der Waals surface area (Å²) in [6.45, 7) is 6.72. The zero-order valence-corrected chi connectivity index (χ0v) is 16.4. The van der Waals surface area contributed by atoms with E-state index in [9.17, 15) is 4.79 Å². The van der Waals surface area contributed by atoms with E-state index in [2.05, 4.69) is 16.8 Å². The molecule has 4 rings (SSSR count). The number of nitrogens with zero attached hydrogens (tertiary/aromatic N) is 4. The number of aryl methyl sites for hydroxylation is 1. The Morgan fingerprint density at radius 3 is 2.71 bits per heavy atom. The molecular formula is C21H20N4O2S. The summed E-state index contributed by atoms with van der Waals surface area (Å²) in [4.78, 5) is 12.8. The Morgan fingerprint density at radius 2 is 1.93 bits per heavy atom. The second-order valence-electron chi connectivity index (χ2n) is 6.35. The van der Waals surface area contributed by atoms with Gasteiger partial charge in [0, 0.05) is 12.3 Å². The SMILES string of the molecule is C=CCn1c(=O)c2ccccc2n2c(SCCOc3ccc(C)cc3)nnc12. The van der Waals surface area contributed by atoms with Crippen LogP contribution in [-0.2, 0) is 6.54 Å². The summed E-state index contributed by atoms with van der Waals surface area (Å²) in [6, 6.07) is 15.5. The minimum atomic E-state index is -0.0883. The van der Waals surface area contributed by atoms with Gasteiger partial charge in [-0.2, -0.15) is 0 Å². The van der Waals surface area contributed by atoms with E-state index in [0.717, 1.165) is 16.4 Å². The van der Waals surface area contributed by atoms with Gasteiger partial charge in [-0.3, -0.25) is 13.8 Å². The van der Waals surface area contributed by atoms with Gasteiger partial charge in [-0.25, -0.2) is 0 Å². The summed E-state index contributed by atoms with van der Waals surface area (Å²) in [7, 11) is 0. The summed E-state index contributed by atoms with van der Waals surface area (Å²) in [5, 5.41) is 9.94. The van der Waals surface area contributed by atoms with E-state index in [1.807, 2.05) is 59.9 Å². The minimum absolute atomic E-state index is 0.0883. The van der Waals surface area contributed by atoms with Crippen molar-refractivity contribution >= 4 is 28.4 Å². The van der Waals surface area contributed by atoms with Gasteiger partial charge >= 0.3 is 0 Å². The lowest BCUT2D eigenvalue weighted by Crippen LogP contribution is -2.22. The van der Waals surface area contributed by atoms with Crippen molar-refractivity contribution in [2.24, 2.45) is 0 Å². The molecule has 2 aromatic heterocycles. The Kier molecular flexibility index (Phi) is 5.16. The van der Waals surface area contributed by atoms with E-state index in [1.165, 1.54) is 5.56 Å². The summed E-state index contributed by atoms with van der Waals surface area (Å²) in [5.41, 5.74) is 1.92. The number of thioether (sulfide) groups is 1. The third-order valence-electron chi connectivity index (χ3n) is 4.39. The maximum absolute atomic E-state index is 12.8. The van der Waals surface area contributed by atoms with Crippen LogP contribution < -0.4 is 10.3 Å². The minimum Gasteiger partial charge on any atom is -0.493 e. The van der Waals surface area contributed by atoms with Gasteiger partial charge in [0.15, 0.2) is 5.16 Å². The van der Waals surface area contributed by atoms with Crippen LogP contribution in [0.25, 0.3) is 16.7 Å². The summed E-state index contributed by atoms with van der Waals surface area (Å²) >= 11 is 1.55. The van der Waals surface area contributed by atoms with Gasteiger partial charge in [0.25, 0.3) is 5.56 Å². The summed E-state index contributed by atoms with van der Waals surface area (Å²) in [6.07, 6.45) is 1.69. The number of hydrogen-bond donors (Lipinski definition) is 0. The molecule has 28 heavy (non-hydrogen) atoms.